The van der Waals surface area contributed by atoms with Gasteiger partial charge in [-0.05, 0) is 80.1 Å². The number of rotatable bonds is 2. The lowest BCUT2D eigenvalue weighted by atomic mass is 9.49. The molecule has 0 spiro atoms. The van der Waals surface area contributed by atoms with Gasteiger partial charge >= 0.3 is 0 Å². The number of benzene rings is 1. The van der Waals surface area contributed by atoms with Gasteiger partial charge in [-0.15, -0.1) is 5.10 Å². The highest BCUT2D eigenvalue weighted by atomic mass is 32.1. The number of thiazole rings is 1. The SMILES string of the molecule is O=c1/c(=C/c2cccc(O)c2)sc2nc(C34CC5CC(CC(C5)C3)C4)nn12. The fourth-order valence-electron chi connectivity index (χ4n) is 6.21. The Balaban J connectivity index is 1.43. The highest BCUT2D eigenvalue weighted by Gasteiger charge is 2.53. The van der Waals surface area contributed by atoms with E-state index in [9.17, 15) is 9.90 Å². The number of phenolic OH excluding ortho intramolecular Hbond substituents is 1. The summed E-state index contributed by atoms with van der Waals surface area (Å²) in [6.45, 7) is 0. The van der Waals surface area contributed by atoms with Gasteiger partial charge in [0.05, 0.1) is 4.53 Å². The number of hydrogen-bond acceptors (Lipinski definition) is 5. The zero-order valence-electron chi connectivity index (χ0n) is 15.0. The van der Waals surface area contributed by atoms with Crippen LogP contribution in [-0.4, -0.2) is 19.7 Å². The second kappa shape index (κ2) is 5.41. The second-order valence-electron chi connectivity index (χ2n) is 8.84. The molecule has 0 unspecified atom stereocenters. The molecule has 1 N–H and O–H groups in total. The Morgan fingerprint density at radius 3 is 2.48 bits per heavy atom. The van der Waals surface area contributed by atoms with E-state index in [4.69, 9.17) is 10.1 Å². The molecule has 27 heavy (non-hydrogen) atoms. The molecular weight excluding hydrogens is 358 g/mol. The van der Waals surface area contributed by atoms with Crippen LogP contribution in [0.25, 0.3) is 11.0 Å². The molecule has 2 heterocycles. The number of hydrogen-bond donors (Lipinski definition) is 1. The molecule has 138 valence electrons. The predicted octanol–water partition coefficient (Wildman–Crippen LogP) is 2.87. The summed E-state index contributed by atoms with van der Waals surface area (Å²) in [6.07, 6.45) is 9.56. The molecule has 1 aromatic carbocycles. The second-order valence-corrected chi connectivity index (χ2v) is 9.85. The molecule has 3 aromatic rings. The van der Waals surface area contributed by atoms with Crippen LogP contribution in [0.1, 0.15) is 49.9 Å². The van der Waals surface area contributed by atoms with E-state index >= 15 is 0 Å². The minimum absolute atomic E-state index is 0.109. The molecular formula is C21H21N3O2S. The topological polar surface area (TPSA) is 67.5 Å². The summed E-state index contributed by atoms with van der Waals surface area (Å²) < 4.78 is 2.10. The fraction of sp³-hybridized carbons (Fsp3) is 0.476. The first-order valence-corrected chi connectivity index (χ1v) is 10.6. The molecule has 2 aromatic heterocycles. The molecule has 0 aliphatic heterocycles. The largest absolute Gasteiger partial charge is 0.508 e. The number of fused-ring (bicyclic) bond motifs is 1. The van der Waals surface area contributed by atoms with Crippen LogP contribution < -0.4 is 10.1 Å². The van der Waals surface area contributed by atoms with Gasteiger partial charge in [0.1, 0.15) is 5.75 Å². The van der Waals surface area contributed by atoms with Crippen molar-refractivity contribution in [3.8, 4) is 5.75 Å². The van der Waals surface area contributed by atoms with Gasteiger partial charge in [-0.25, -0.2) is 4.98 Å². The lowest BCUT2D eigenvalue weighted by molar-refractivity contribution is -0.00927. The van der Waals surface area contributed by atoms with E-state index in [1.54, 1.807) is 24.3 Å². The van der Waals surface area contributed by atoms with E-state index in [2.05, 4.69) is 0 Å². The van der Waals surface area contributed by atoms with Crippen LogP contribution in [0.15, 0.2) is 29.1 Å². The van der Waals surface area contributed by atoms with Crippen molar-refractivity contribution in [1.82, 2.24) is 14.6 Å². The van der Waals surface area contributed by atoms with Crippen molar-refractivity contribution >= 4 is 22.4 Å². The van der Waals surface area contributed by atoms with Gasteiger partial charge in [0.25, 0.3) is 5.56 Å². The van der Waals surface area contributed by atoms with Gasteiger partial charge in [0.2, 0.25) is 4.96 Å². The number of phenols is 1. The van der Waals surface area contributed by atoms with Crippen LogP contribution in [-0.2, 0) is 5.41 Å². The third-order valence-electron chi connectivity index (χ3n) is 6.86. The summed E-state index contributed by atoms with van der Waals surface area (Å²) in [7, 11) is 0. The molecule has 4 saturated carbocycles. The van der Waals surface area contributed by atoms with E-state index in [1.807, 2.05) is 6.07 Å². The molecule has 4 aliphatic rings. The lowest BCUT2D eigenvalue weighted by Gasteiger charge is -2.55. The fourth-order valence-corrected chi connectivity index (χ4v) is 7.12. The molecule has 4 bridgehead atoms. The van der Waals surface area contributed by atoms with E-state index in [1.165, 1.54) is 54.4 Å². The molecule has 0 saturated heterocycles. The maximum atomic E-state index is 12.8. The molecule has 7 rings (SSSR count). The Hall–Kier alpha value is -2.21. The number of nitrogens with zero attached hydrogens (tertiary/aromatic N) is 3. The zero-order chi connectivity index (χ0) is 18.2. The molecule has 0 atom stereocenters. The molecule has 6 heteroatoms. The smallest absolute Gasteiger partial charge is 0.291 e. The quantitative estimate of drug-likeness (QED) is 0.743. The summed E-state index contributed by atoms with van der Waals surface area (Å²) >= 11 is 1.39. The van der Waals surface area contributed by atoms with Crippen molar-refractivity contribution in [1.29, 1.82) is 0 Å². The molecule has 4 fully saturated rings. The van der Waals surface area contributed by atoms with E-state index in [-0.39, 0.29) is 16.7 Å². The van der Waals surface area contributed by atoms with Crippen molar-refractivity contribution in [3.05, 3.63) is 50.5 Å². The van der Waals surface area contributed by atoms with Crippen molar-refractivity contribution < 1.29 is 5.11 Å². The molecule has 5 nitrogen and oxygen atoms in total. The Kier molecular flexibility index (Phi) is 3.17. The van der Waals surface area contributed by atoms with E-state index < -0.39 is 0 Å². The average Bonchev–Trinajstić information content (AvgIpc) is 3.15. The van der Waals surface area contributed by atoms with Gasteiger partial charge in [-0.3, -0.25) is 4.79 Å². The van der Waals surface area contributed by atoms with Gasteiger partial charge in [-0.1, -0.05) is 23.5 Å². The predicted molar refractivity (Wildman–Crippen MR) is 104 cm³/mol. The maximum absolute atomic E-state index is 12.8. The Bertz CT molecular complexity index is 1130. The van der Waals surface area contributed by atoms with Crippen LogP contribution >= 0.6 is 11.3 Å². The summed E-state index contributed by atoms with van der Waals surface area (Å²) in [5, 5.41) is 14.3. The van der Waals surface area contributed by atoms with Crippen molar-refractivity contribution in [2.75, 3.05) is 0 Å². The van der Waals surface area contributed by atoms with Crippen molar-refractivity contribution in [3.63, 3.8) is 0 Å². The van der Waals surface area contributed by atoms with Crippen LogP contribution in [0.2, 0.25) is 0 Å². The van der Waals surface area contributed by atoms with E-state index in [0.29, 0.717) is 9.49 Å². The third-order valence-corrected chi connectivity index (χ3v) is 7.82. The van der Waals surface area contributed by atoms with Crippen LogP contribution in [0, 0.1) is 17.8 Å². The van der Waals surface area contributed by atoms with Crippen molar-refractivity contribution in [2.24, 2.45) is 17.8 Å². The Morgan fingerprint density at radius 1 is 1.15 bits per heavy atom. The summed E-state index contributed by atoms with van der Waals surface area (Å²) in [4.78, 5) is 18.4. The van der Waals surface area contributed by atoms with Gasteiger partial charge in [0, 0.05) is 5.41 Å². The Labute approximate surface area is 160 Å². The first-order valence-electron chi connectivity index (χ1n) is 9.79. The zero-order valence-corrected chi connectivity index (χ0v) is 15.8. The third kappa shape index (κ3) is 2.39. The van der Waals surface area contributed by atoms with Gasteiger partial charge in [0.15, 0.2) is 5.82 Å². The lowest BCUT2D eigenvalue weighted by Crippen LogP contribution is -2.49. The first-order chi connectivity index (χ1) is 13.1. The summed E-state index contributed by atoms with van der Waals surface area (Å²) in [5.41, 5.74) is 0.807. The minimum atomic E-state index is -0.109. The standard InChI is InChI=1S/C21H21N3O2S/c25-16-3-1-2-12(7-16)8-17-18(26)24-20(27-17)22-19(23-24)21-9-13-4-14(10-21)6-15(5-13)11-21/h1-3,7-8,13-15,25H,4-6,9-11H2/b17-8-. The van der Waals surface area contributed by atoms with Gasteiger partial charge < -0.3 is 5.11 Å². The van der Waals surface area contributed by atoms with Crippen LogP contribution in [0.3, 0.4) is 0 Å². The highest BCUT2D eigenvalue weighted by molar-refractivity contribution is 7.15. The van der Waals surface area contributed by atoms with Gasteiger partial charge in [-0.2, -0.15) is 4.52 Å². The average molecular weight is 379 g/mol. The number of aromatic hydroxyl groups is 1. The first kappa shape index (κ1) is 15.8. The highest BCUT2D eigenvalue weighted by Crippen LogP contribution is 2.60. The molecule has 0 amide bonds. The van der Waals surface area contributed by atoms with Crippen molar-refractivity contribution in [2.45, 2.75) is 43.9 Å². The minimum Gasteiger partial charge on any atom is -0.508 e. The molecule has 4 aliphatic carbocycles. The summed E-state index contributed by atoms with van der Waals surface area (Å²) in [6, 6.07) is 6.91. The monoisotopic (exact) mass is 379 g/mol. The maximum Gasteiger partial charge on any atom is 0.291 e. The normalized spacial score (nSPS) is 32.6. The van der Waals surface area contributed by atoms with Crippen LogP contribution in [0.4, 0.5) is 0 Å². The molecule has 0 radical (unpaired) electrons. The summed E-state index contributed by atoms with van der Waals surface area (Å²) in [5.74, 6) is 3.60. The van der Waals surface area contributed by atoms with E-state index in [0.717, 1.165) is 29.1 Å². The Morgan fingerprint density at radius 2 is 1.85 bits per heavy atom. The number of aromatic nitrogens is 3. The van der Waals surface area contributed by atoms with Crippen LogP contribution in [0.5, 0.6) is 5.75 Å².